The number of ether oxygens (including phenoxy) is 2. The standard InChI is InChI=1S/C25H34N4O4/c1-3-27-12-14-32-22-10-5-4-8-21(22)9-6-7-11-25(24(27)31)19-28(13-15-33-25)23(30)18-29-17-20(2)16-26-29/h4-5,8,10,16-17H,3,6-7,9,11-15,18-19H2,1-2H3. The summed E-state index contributed by atoms with van der Waals surface area (Å²) >= 11 is 0. The summed E-state index contributed by atoms with van der Waals surface area (Å²) in [4.78, 5) is 30.3. The molecular weight excluding hydrogens is 420 g/mol. The number of nitrogens with zero attached hydrogens (tertiary/aromatic N) is 4. The number of hydrogen-bond acceptors (Lipinski definition) is 5. The van der Waals surface area contributed by atoms with Gasteiger partial charge in [-0.05, 0) is 56.7 Å². The lowest BCUT2D eigenvalue weighted by Crippen LogP contribution is -2.62. The molecule has 0 radical (unpaired) electrons. The third kappa shape index (κ3) is 5.38. The van der Waals surface area contributed by atoms with Crippen LogP contribution in [0.3, 0.4) is 0 Å². The van der Waals surface area contributed by atoms with Crippen LogP contribution in [0.25, 0.3) is 0 Å². The Hall–Kier alpha value is -2.87. The Morgan fingerprint density at radius 1 is 1.18 bits per heavy atom. The lowest BCUT2D eigenvalue weighted by atomic mass is 9.91. The topological polar surface area (TPSA) is 76.9 Å². The molecule has 0 N–H and O–H groups in total. The molecule has 1 spiro atoms. The number of rotatable bonds is 3. The zero-order valence-corrected chi connectivity index (χ0v) is 19.7. The monoisotopic (exact) mass is 454 g/mol. The van der Waals surface area contributed by atoms with Crippen LogP contribution >= 0.6 is 0 Å². The quantitative estimate of drug-likeness (QED) is 0.712. The van der Waals surface area contributed by atoms with Gasteiger partial charge in [0.2, 0.25) is 5.91 Å². The van der Waals surface area contributed by atoms with Crippen molar-refractivity contribution in [3.05, 3.63) is 47.8 Å². The second-order valence-electron chi connectivity index (χ2n) is 8.92. The van der Waals surface area contributed by atoms with E-state index < -0.39 is 5.60 Å². The van der Waals surface area contributed by atoms with Gasteiger partial charge in [0.25, 0.3) is 5.91 Å². The maximum Gasteiger partial charge on any atom is 0.256 e. The second kappa shape index (κ2) is 10.4. The van der Waals surface area contributed by atoms with E-state index >= 15 is 0 Å². The first kappa shape index (κ1) is 23.3. The van der Waals surface area contributed by atoms with E-state index in [-0.39, 0.29) is 24.9 Å². The number of para-hydroxylation sites is 1. The lowest BCUT2D eigenvalue weighted by Gasteiger charge is -2.44. The summed E-state index contributed by atoms with van der Waals surface area (Å²) in [5.41, 5.74) is 1.19. The largest absolute Gasteiger partial charge is 0.491 e. The number of amides is 2. The average Bonchev–Trinajstić information content (AvgIpc) is 3.23. The zero-order chi connectivity index (χ0) is 23.3. The van der Waals surface area contributed by atoms with Gasteiger partial charge in [0.1, 0.15) is 18.9 Å². The smallest absolute Gasteiger partial charge is 0.256 e. The van der Waals surface area contributed by atoms with E-state index in [2.05, 4.69) is 11.2 Å². The van der Waals surface area contributed by atoms with Crippen LogP contribution in [-0.2, 0) is 27.3 Å². The van der Waals surface area contributed by atoms with Gasteiger partial charge < -0.3 is 19.3 Å². The number of hydrogen-bond donors (Lipinski definition) is 0. The van der Waals surface area contributed by atoms with Gasteiger partial charge in [-0.1, -0.05) is 18.2 Å². The van der Waals surface area contributed by atoms with E-state index in [4.69, 9.17) is 9.47 Å². The molecule has 8 heteroatoms. The van der Waals surface area contributed by atoms with Crippen molar-refractivity contribution in [3.63, 3.8) is 0 Å². The predicted molar refractivity (Wildman–Crippen MR) is 124 cm³/mol. The Bertz CT molecular complexity index is 975. The van der Waals surface area contributed by atoms with Crippen molar-refractivity contribution < 1.29 is 19.1 Å². The number of fused-ring (bicyclic) bond motifs is 1. The first-order chi connectivity index (χ1) is 16.0. The van der Waals surface area contributed by atoms with Crippen molar-refractivity contribution in [3.8, 4) is 5.75 Å². The number of morpholine rings is 1. The van der Waals surface area contributed by atoms with Crippen LogP contribution in [0.1, 0.15) is 37.3 Å². The molecule has 33 heavy (non-hydrogen) atoms. The molecule has 0 bridgehead atoms. The Labute approximate surface area is 195 Å². The Morgan fingerprint density at radius 2 is 2.03 bits per heavy atom. The van der Waals surface area contributed by atoms with Crippen molar-refractivity contribution in [1.29, 1.82) is 0 Å². The van der Waals surface area contributed by atoms with Gasteiger partial charge in [0.05, 0.1) is 25.9 Å². The SMILES string of the molecule is CCN1CCOc2ccccc2CCCCC2(CN(C(=O)Cn3cc(C)cn3)CCO2)C1=O. The molecule has 1 unspecified atom stereocenters. The lowest BCUT2D eigenvalue weighted by molar-refractivity contribution is -0.176. The third-order valence-corrected chi connectivity index (χ3v) is 6.52. The molecule has 4 rings (SSSR count). The summed E-state index contributed by atoms with van der Waals surface area (Å²) in [6.07, 6.45) is 6.83. The first-order valence-electron chi connectivity index (χ1n) is 11.9. The molecule has 178 valence electrons. The molecule has 1 saturated heterocycles. The molecule has 0 saturated carbocycles. The molecule has 3 heterocycles. The van der Waals surface area contributed by atoms with Gasteiger partial charge in [-0.25, -0.2) is 0 Å². The van der Waals surface area contributed by atoms with E-state index in [0.717, 1.165) is 30.6 Å². The average molecular weight is 455 g/mol. The van der Waals surface area contributed by atoms with Crippen LogP contribution in [0.2, 0.25) is 0 Å². The fourth-order valence-corrected chi connectivity index (χ4v) is 4.71. The van der Waals surface area contributed by atoms with Crippen molar-refractivity contribution in [1.82, 2.24) is 19.6 Å². The van der Waals surface area contributed by atoms with Crippen LogP contribution < -0.4 is 4.74 Å². The van der Waals surface area contributed by atoms with E-state index in [0.29, 0.717) is 39.3 Å². The highest BCUT2D eigenvalue weighted by atomic mass is 16.5. The Kier molecular flexibility index (Phi) is 7.33. The van der Waals surface area contributed by atoms with Crippen molar-refractivity contribution in [2.24, 2.45) is 0 Å². The van der Waals surface area contributed by atoms with Gasteiger partial charge in [0.15, 0.2) is 5.60 Å². The molecule has 1 aromatic heterocycles. The van der Waals surface area contributed by atoms with E-state index in [1.807, 2.05) is 38.2 Å². The summed E-state index contributed by atoms with van der Waals surface area (Å²) in [5, 5.41) is 4.23. The maximum absolute atomic E-state index is 13.7. The van der Waals surface area contributed by atoms with E-state index in [1.165, 1.54) is 5.56 Å². The molecule has 2 aliphatic rings. The minimum atomic E-state index is -1.01. The zero-order valence-electron chi connectivity index (χ0n) is 19.7. The van der Waals surface area contributed by atoms with Crippen LogP contribution in [0.15, 0.2) is 36.7 Å². The summed E-state index contributed by atoms with van der Waals surface area (Å²) in [7, 11) is 0. The van der Waals surface area contributed by atoms with Gasteiger partial charge in [-0.3, -0.25) is 14.3 Å². The maximum atomic E-state index is 13.7. The molecular formula is C25H34N4O4. The van der Waals surface area contributed by atoms with Crippen molar-refractivity contribution in [2.45, 2.75) is 51.7 Å². The summed E-state index contributed by atoms with van der Waals surface area (Å²) in [6.45, 7) is 6.67. The highest BCUT2D eigenvalue weighted by Crippen LogP contribution is 2.29. The number of benzene rings is 1. The fourth-order valence-electron chi connectivity index (χ4n) is 4.71. The van der Waals surface area contributed by atoms with Gasteiger partial charge in [-0.15, -0.1) is 0 Å². The summed E-state index contributed by atoms with van der Waals surface area (Å²) in [5.74, 6) is 0.811. The number of aromatic nitrogens is 2. The number of carbonyl (C=O) groups excluding carboxylic acids is 2. The molecule has 8 nitrogen and oxygen atoms in total. The molecule has 2 amide bonds. The third-order valence-electron chi connectivity index (χ3n) is 6.52. The van der Waals surface area contributed by atoms with Crippen molar-refractivity contribution >= 4 is 11.8 Å². The molecule has 1 atom stereocenters. The Morgan fingerprint density at radius 3 is 2.82 bits per heavy atom. The van der Waals surface area contributed by atoms with Crippen molar-refractivity contribution in [2.75, 3.05) is 39.4 Å². The van der Waals surface area contributed by atoms with E-state index in [9.17, 15) is 9.59 Å². The van der Waals surface area contributed by atoms with E-state index in [1.54, 1.807) is 20.7 Å². The molecule has 0 aliphatic carbocycles. The Balaban J connectivity index is 1.52. The molecule has 2 aromatic rings. The first-order valence-corrected chi connectivity index (χ1v) is 11.9. The molecule has 1 aromatic carbocycles. The van der Waals surface area contributed by atoms with Crippen LogP contribution in [0, 0.1) is 6.92 Å². The van der Waals surface area contributed by atoms with Gasteiger partial charge >= 0.3 is 0 Å². The van der Waals surface area contributed by atoms with Gasteiger partial charge in [0, 0.05) is 19.3 Å². The van der Waals surface area contributed by atoms with Crippen LogP contribution in [-0.4, -0.2) is 76.4 Å². The fraction of sp³-hybridized carbons (Fsp3) is 0.560. The normalized spacial score (nSPS) is 22.3. The van der Waals surface area contributed by atoms with Crippen LogP contribution in [0.5, 0.6) is 5.75 Å². The highest BCUT2D eigenvalue weighted by molar-refractivity contribution is 5.87. The van der Waals surface area contributed by atoms with Gasteiger partial charge in [-0.2, -0.15) is 5.10 Å². The van der Waals surface area contributed by atoms with Crippen LogP contribution in [0.4, 0.5) is 0 Å². The summed E-state index contributed by atoms with van der Waals surface area (Å²) in [6, 6.07) is 8.12. The number of carbonyl (C=O) groups is 2. The minimum Gasteiger partial charge on any atom is -0.491 e. The minimum absolute atomic E-state index is 0.0417. The molecule has 1 fully saturated rings. The summed E-state index contributed by atoms with van der Waals surface area (Å²) < 4.78 is 13.9. The number of likely N-dealkylation sites (N-methyl/N-ethyl adjacent to an activating group) is 1. The highest BCUT2D eigenvalue weighted by Gasteiger charge is 2.46. The number of aryl methyl sites for hydroxylation is 2. The second-order valence-corrected chi connectivity index (χ2v) is 8.92. The molecule has 2 aliphatic heterocycles. The predicted octanol–water partition coefficient (Wildman–Crippen LogP) is 2.44.